The predicted octanol–water partition coefficient (Wildman–Crippen LogP) is 3.55. The minimum atomic E-state index is 0.196. The van der Waals surface area contributed by atoms with Gasteiger partial charge in [-0.25, -0.2) is 4.98 Å². The van der Waals surface area contributed by atoms with Crippen LogP contribution in [0.4, 0.5) is 5.82 Å². The second kappa shape index (κ2) is 8.90. The fourth-order valence-corrected chi connectivity index (χ4v) is 3.29. The van der Waals surface area contributed by atoms with Gasteiger partial charge in [0.2, 0.25) is 5.91 Å². The summed E-state index contributed by atoms with van der Waals surface area (Å²) in [6.45, 7) is 5.63. The Labute approximate surface area is 159 Å². The van der Waals surface area contributed by atoms with Crippen LogP contribution < -0.4 is 9.64 Å². The zero-order valence-corrected chi connectivity index (χ0v) is 15.8. The fraction of sp³-hybridized carbons (Fsp3) is 0.400. The molecule has 1 amide bonds. The van der Waals surface area contributed by atoms with E-state index in [4.69, 9.17) is 16.3 Å². The molecule has 1 fully saturated rings. The summed E-state index contributed by atoms with van der Waals surface area (Å²) in [6, 6.07) is 11.5. The summed E-state index contributed by atoms with van der Waals surface area (Å²) in [6.07, 6.45) is 3.02. The number of pyridine rings is 1. The highest BCUT2D eigenvalue weighted by Gasteiger charge is 2.21. The highest BCUT2D eigenvalue weighted by atomic mass is 35.5. The Morgan fingerprint density at radius 1 is 1.19 bits per heavy atom. The van der Waals surface area contributed by atoms with Gasteiger partial charge in [0, 0.05) is 43.8 Å². The van der Waals surface area contributed by atoms with E-state index in [0.717, 1.165) is 43.3 Å². The first-order chi connectivity index (χ1) is 12.6. The molecule has 6 heteroatoms. The van der Waals surface area contributed by atoms with E-state index in [2.05, 4.69) is 9.88 Å². The molecule has 0 unspecified atom stereocenters. The number of amides is 1. The average Bonchev–Trinajstić information content (AvgIpc) is 2.67. The third kappa shape index (κ3) is 4.88. The van der Waals surface area contributed by atoms with Crippen LogP contribution in [0.1, 0.15) is 18.4 Å². The lowest BCUT2D eigenvalue weighted by molar-refractivity contribution is -0.131. The van der Waals surface area contributed by atoms with Crippen molar-refractivity contribution in [1.29, 1.82) is 0 Å². The Balaban J connectivity index is 1.38. The molecular formula is C20H24ClN3O2. The van der Waals surface area contributed by atoms with Crippen LogP contribution in [0.5, 0.6) is 5.75 Å². The Kier molecular flexibility index (Phi) is 6.34. The number of carbonyl (C=O) groups is 1. The number of piperazine rings is 1. The molecule has 1 aliphatic rings. The molecule has 0 atom stereocenters. The number of hydrogen-bond donors (Lipinski definition) is 0. The summed E-state index contributed by atoms with van der Waals surface area (Å²) in [5, 5.41) is 0.704. The maximum absolute atomic E-state index is 12.4. The van der Waals surface area contributed by atoms with Crippen LogP contribution >= 0.6 is 11.6 Å². The lowest BCUT2D eigenvalue weighted by Crippen LogP contribution is -2.49. The molecule has 3 rings (SSSR count). The SMILES string of the molecule is Cc1cc(Cl)ccc1OCCCC(=O)N1CCN(c2ccccn2)CC1. The third-order valence-electron chi connectivity index (χ3n) is 4.54. The van der Waals surface area contributed by atoms with E-state index in [9.17, 15) is 4.79 Å². The highest BCUT2D eigenvalue weighted by Crippen LogP contribution is 2.22. The molecule has 1 aliphatic heterocycles. The molecule has 0 spiro atoms. The normalized spacial score (nSPS) is 14.4. The van der Waals surface area contributed by atoms with E-state index in [0.29, 0.717) is 24.5 Å². The first-order valence-corrected chi connectivity index (χ1v) is 9.34. The number of hydrogen-bond acceptors (Lipinski definition) is 4. The van der Waals surface area contributed by atoms with E-state index in [1.165, 1.54) is 0 Å². The fourth-order valence-electron chi connectivity index (χ4n) is 3.06. The van der Waals surface area contributed by atoms with Crippen molar-refractivity contribution in [3.63, 3.8) is 0 Å². The van der Waals surface area contributed by atoms with Crippen molar-refractivity contribution in [3.8, 4) is 5.75 Å². The molecule has 5 nitrogen and oxygen atoms in total. The van der Waals surface area contributed by atoms with Crippen molar-refractivity contribution in [2.45, 2.75) is 19.8 Å². The zero-order valence-electron chi connectivity index (χ0n) is 15.0. The molecule has 2 aromatic rings. The van der Waals surface area contributed by atoms with Crippen LogP contribution in [0.3, 0.4) is 0 Å². The van der Waals surface area contributed by atoms with Gasteiger partial charge in [-0.1, -0.05) is 17.7 Å². The van der Waals surface area contributed by atoms with Gasteiger partial charge in [-0.15, -0.1) is 0 Å². The Morgan fingerprint density at radius 3 is 2.69 bits per heavy atom. The standard InChI is InChI=1S/C20H24ClN3O2/c1-16-15-17(21)7-8-18(16)26-14-4-6-20(25)24-12-10-23(11-13-24)19-5-2-3-9-22-19/h2-3,5,7-9,15H,4,6,10-14H2,1H3. The van der Waals surface area contributed by atoms with Crippen LogP contribution in [-0.4, -0.2) is 48.6 Å². The topological polar surface area (TPSA) is 45.7 Å². The third-order valence-corrected chi connectivity index (χ3v) is 4.77. The van der Waals surface area contributed by atoms with Gasteiger partial charge in [0.1, 0.15) is 11.6 Å². The molecule has 138 valence electrons. The quantitative estimate of drug-likeness (QED) is 0.726. The van der Waals surface area contributed by atoms with Crippen LogP contribution in [0.2, 0.25) is 5.02 Å². The van der Waals surface area contributed by atoms with Crippen molar-refractivity contribution >= 4 is 23.3 Å². The van der Waals surface area contributed by atoms with Crippen LogP contribution in [0.15, 0.2) is 42.6 Å². The number of carbonyl (C=O) groups excluding carboxylic acids is 1. The van der Waals surface area contributed by atoms with E-state index < -0.39 is 0 Å². The molecule has 0 saturated carbocycles. The van der Waals surface area contributed by atoms with Gasteiger partial charge in [0.15, 0.2) is 0 Å². The summed E-state index contributed by atoms with van der Waals surface area (Å²) >= 11 is 5.94. The predicted molar refractivity (Wildman–Crippen MR) is 104 cm³/mol. The number of nitrogens with zero attached hydrogens (tertiary/aromatic N) is 3. The van der Waals surface area contributed by atoms with Crippen molar-refractivity contribution in [1.82, 2.24) is 9.88 Å². The summed E-state index contributed by atoms with van der Waals surface area (Å²) < 4.78 is 5.76. The van der Waals surface area contributed by atoms with Crippen molar-refractivity contribution in [2.75, 3.05) is 37.7 Å². The second-order valence-corrected chi connectivity index (χ2v) is 6.85. The smallest absolute Gasteiger partial charge is 0.222 e. The minimum Gasteiger partial charge on any atom is -0.493 e. The van der Waals surface area contributed by atoms with E-state index >= 15 is 0 Å². The molecule has 0 radical (unpaired) electrons. The van der Waals surface area contributed by atoms with E-state index in [1.807, 2.05) is 48.2 Å². The Bertz CT molecular complexity index is 731. The van der Waals surface area contributed by atoms with Crippen molar-refractivity contribution in [3.05, 3.63) is 53.2 Å². The van der Waals surface area contributed by atoms with Gasteiger partial charge in [-0.05, 0) is 49.2 Å². The number of aromatic nitrogens is 1. The minimum absolute atomic E-state index is 0.196. The first-order valence-electron chi connectivity index (χ1n) is 8.96. The van der Waals surface area contributed by atoms with Crippen molar-refractivity contribution in [2.24, 2.45) is 0 Å². The number of halogens is 1. The van der Waals surface area contributed by atoms with Crippen LogP contribution in [0, 0.1) is 6.92 Å². The maximum atomic E-state index is 12.4. The molecule has 1 aromatic carbocycles. The van der Waals surface area contributed by atoms with Gasteiger partial charge >= 0.3 is 0 Å². The van der Waals surface area contributed by atoms with Gasteiger partial charge in [0.05, 0.1) is 6.61 Å². The van der Waals surface area contributed by atoms with E-state index in [-0.39, 0.29) is 5.91 Å². The highest BCUT2D eigenvalue weighted by molar-refractivity contribution is 6.30. The number of ether oxygens (including phenoxy) is 1. The number of rotatable bonds is 6. The molecule has 2 heterocycles. The molecule has 0 N–H and O–H groups in total. The summed E-state index contributed by atoms with van der Waals surface area (Å²) in [7, 11) is 0. The van der Waals surface area contributed by atoms with Crippen LogP contribution in [-0.2, 0) is 4.79 Å². The van der Waals surface area contributed by atoms with Gasteiger partial charge in [-0.2, -0.15) is 0 Å². The van der Waals surface area contributed by atoms with Gasteiger partial charge in [0.25, 0.3) is 0 Å². The average molecular weight is 374 g/mol. The molecular weight excluding hydrogens is 350 g/mol. The monoisotopic (exact) mass is 373 g/mol. The number of benzene rings is 1. The molecule has 1 saturated heterocycles. The van der Waals surface area contributed by atoms with Gasteiger partial charge < -0.3 is 14.5 Å². The largest absolute Gasteiger partial charge is 0.493 e. The zero-order chi connectivity index (χ0) is 18.4. The number of aryl methyl sites for hydroxylation is 1. The Hall–Kier alpha value is -2.27. The number of anilines is 1. The van der Waals surface area contributed by atoms with Crippen LogP contribution in [0.25, 0.3) is 0 Å². The maximum Gasteiger partial charge on any atom is 0.222 e. The van der Waals surface area contributed by atoms with E-state index in [1.54, 1.807) is 6.20 Å². The summed E-state index contributed by atoms with van der Waals surface area (Å²) in [4.78, 5) is 20.9. The van der Waals surface area contributed by atoms with Crippen molar-refractivity contribution < 1.29 is 9.53 Å². The lowest BCUT2D eigenvalue weighted by atomic mass is 10.2. The molecule has 0 aliphatic carbocycles. The molecule has 0 bridgehead atoms. The summed E-state index contributed by atoms with van der Waals surface area (Å²) in [5.41, 5.74) is 1.01. The Morgan fingerprint density at radius 2 is 2.00 bits per heavy atom. The lowest BCUT2D eigenvalue weighted by Gasteiger charge is -2.35. The second-order valence-electron chi connectivity index (χ2n) is 6.42. The molecule has 1 aromatic heterocycles. The first kappa shape index (κ1) is 18.5. The molecule has 26 heavy (non-hydrogen) atoms. The van der Waals surface area contributed by atoms with Gasteiger partial charge in [-0.3, -0.25) is 4.79 Å². The summed E-state index contributed by atoms with van der Waals surface area (Å²) in [5.74, 6) is 2.00.